The summed E-state index contributed by atoms with van der Waals surface area (Å²) in [5.74, 6) is 0. The third-order valence-electron chi connectivity index (χ3n) is 5.17. The first-order chi connectivity index (χ1) is 13.2. The number of halogens is 3. The van der Waals surface area contributed by atoms with Crippen molar-refractivity contribution >= 4 is 5.70 Å². The van der Waals surface area contributed by atoms with E-state index in [0.717, 1.165) is 28.6 Å². The molecule has 2 aliphatic rings. The molecule has 3 rings (SSSR count). The highest BCUT2D eigenvalue weighted by molar-refractivity contribution is 5.77. The summed E-state index contributed by atoms with van der Waals surface area (Å²) in [6, 6.07) is 5.78. The molecule has 0 fully saturated rings. The van der Waals surface area contributed by atoms with Crippen molar-refractivity contribution in [1.29, 1.82) is 0 Å². The quantitative estimate of drug-likeness (QED) is 0.630. The lowest BCUT2D eigenvalue weighted by Gasteiger charge is -2.33. The highest BCUT2D eigenvalue weighted by atomic mass is 19.4. The minimum atomic E-state index is -4.36. The number of rotatable bonds is 3. The first-order valence-electron chi connectivity index (χ1n) is 9.33. The Kier molecular flexibility index (Phi) is 5.54. The molecule has 0 radical (unpaired) electrons. The Bertz CT molecular complexity index is 901. The number of likely N-dealkylation sites (N-methyl/N-ethyl adjacent to an activating group) is 1. The van der Waals surface area contributed by atoms with E-state index >= 15 is 0 Å². The van der Waals surface area contributed by atoms with Gasteiger partial charge in [-0.3, -0.25) is 0 Å². The van der Waals surface area contributed by atoms with Crippen LogP contribution in [-0.2, 0) is 6.18 Å². The van der Waals surface area contributed by atoms with E-state index in [4.69, 9.17) is 0 Å². The summed E-state index contributed by atoms with van der Waals surface area (Å²) in [6.07, 6.45) is 7.97. The van der Waals surface area contributed by atoms with E-state index < -0.39 is 11.7 Å². The highest BCUT2D eigenvalue weighted by Crippen LogP contribution is 2.36. The topological polar surface area (TPSA) is 6.48 Å². The zero-order valence-electron chi connectivity index (χ0n) is 16.6. The molecular weight excluding hydrogens is 361 g/mol. The largest absolute Gasteiger partial charge is 0.416 e. The van der Waals surface area contributed by atoms with Gasteiger partial charge in [0, 0.05) is 37.1 Å². The van der Waals surface area contributed by atoms with Crippen LogP contribution in [0.25, 0.3) is 5.70 Å². The second-order valence-corrected chi connectivity index (χ2v) is 7.15. The van der Waals surface area contributed by atoms with E-state index in [1.54, 1.807) is 6.07 Å². The van der Waals surface area contributed by atoms with Gasteiger partial charge in [0.05, 0.1) is 11.3 Å². The Morgan fingerprint density at radius 3 is 2.64 bits per heavy atom. The first kappa shape index (κ1) is 20.1. The van der Waals surface area contributed by atoms with Crippen LogP contribution in [0.5, 0.6) is 0 Å². The second kappa shape index (κ2) is 7.74. The van der Waals surface area contributed by atoms with E-state index in [-0.39, 0.29) is 6.04 Å². The van der Waals surface area contributed by atoms with Crippen molar-refractivity contribution in [3.63, 3.8) is 0 Å². The third-order valence-corrected chi connectivity index (χ3v) is 5.17. The summed E-state index contributed by atoms with van der Waals surface area (Å²) >= 11 is 0. The number of allylic oxidation sites excluding steroid dienone is 6. The molecule has 0 spiro atoms. The summed E-state index contributed by atoms with van der Waals surface area (Å²) in [7, 11) is 1.91. The van der Waals surface area contributed by atoms with E-state index in [9.17, 15) is 13.2 Å². The van der Waals surface area contributed by atoms with Gasteiger partial charge in [-0.1, -0.05) is 42.5 Å². The molecule has 28 heavy (non-hydrogen) atoms. The van der Waals surface area contributed by atoms with Gasteiger partial charge in [0.1, 0.15) is 0 Å². The highest BCUT2D eigenvalue weighted by Gasteiger charge is 2.31. The van der Waals surface area contributed by atoms with Crippen LogP contribution in [0.3, 0.4) is 0 Å². The van der Waals surface area contributed by atoms with E-state index in [2.05, 4.69) is 43.2 Å². The van der Waals surface area contributed by atoms with Crippen LogP contribution >= 0.6 is 0 Å². The molecule has 2 aliphatic heterocycles. The summed E-state index contributed by atoms with van der Waals surface area (Å²) in [6.45, 7) is 6.81. The fourth-order valence-corrected chi connectivity index (χ4v) is 3.53. The predicted molar refractivity (Wildman–Crippen MR) is 108 cm³/mol. The molecule has 148 valence electrons. The van der Waals surface area contributed by atoms with Crippen molar-refractivity contribution in [3.8, 4) is 0 Å². The molecule has 2 nitrogen and oxygen atoms in total. The molecule has 1 aromatic rings. The molecule has 0 bridgehead atoms. The SMILES string of the molecule is C/C=C(/C)N1C=C(C2=C(c3cccc(C(F)(F)F)c3)N(C)CC=C2)C=CC1C. The number of benzene rings is 1. The molecule has 5 heteroatoms. The fourth-order valence-electron chi connectivity index (χ4n) is 3.53. The van der Waals surface area contributed by atoms with Gasteiger partial charge in [-0.15, -0.1) is 0 Å². The van der Waals surface area contributed by atoms with Crippen LogP contribution < -0.4 is 0 Å². The minimum Gasteiger partial charge on any atom is -0.370 e. The van der Waals surface area contributed by atoms with Crippen LogP contribution in [0.2, 0.25) is 0 Å². The third kappa shape index (κ3) is 3.93. The summed E-state index contributed by atoms with van der Waals surface area (Å²) in [5.41, 5.74) is 3.77. The monoisotopic (exact) mass is 386 g/mol. The van der Waals surface area contributed by atoms with Crippen molar-refractivity contribution in [2.45, 2.75) is 33.0 Å². The molecule has 0 saturated carbocycles. The van der Waals surface area contributed by atoms with Gasteiger partial charge >= 0.3 is 6.18 Å². The van der Waals surface area contributed by atoms with Crippen molar-refractivity contribution in [3.05, 3.63) is 88.8 Å². The molecule has 0 saturated heterocycles. The van der Waals surface area contributed by atoms with Gasteiger partial charge in [0.15, 0.2) is 0 Å². The standard InChI is InChI=1S/C23H25F3N2/c1-5-16(2)28-15-19(12-11-17(28)3)21-10-7-13-27(4)22(21)18-8-6-9-20(14-18)23(24,25)26/h5-12,14-15,17H,13H2,1-4H3/b16-5-. The molecule has 0 amide bonds. The van der Waals surface area contributed by atoms with Crippen LogP contribution in [-0.4, -0.2) is 29.4 Å². The molecule has 0 aliphatic carbocycles. The van der Waals surface area contributed by atoms with Crippen LogP contribution in [0, 0.1) is 0 Å². The van der Waals surface area contributed by atoms with Gasteiger partial charge in [0.2, 0.25) is 0 Å². The zero-order valence-corrected chi connectivity index (χ0v) is 16.6. The molecular formula is C23H25F3N2. The van der Waals surface area contributed by atoms with Crippen LogP contribution in [0.4, 0.5) is 13.2 Å². The van der Waals surface area contributed by atoms with Crippen molar-refractivity contribution < 1.29 is 13.2 Å². The van der Waals surface area contributed by atoms with Gasteiger partial charge < -0.3 is 9.80 Å². The second-order valence-electron chi connectivity index (χ2n) is 7.15. The van der Waals surface area contributed by atoms with Gasteiger partial charge in [-0.05, 0) is 44.0 Å². The molecule has 1 atom stereocenters. The van der Waals surface area contributed by atoms with Gasteiger partial charge in [0.25, 0.3) is 0 Å². The fraction of sp³-hybridized carbons (Fsp3) is 0.304. The summed E-state index contributed by atoms with van der Waals surface area (Å²) in [5, 5.41) is 0. The number of hydrogen-bond donors (Lipinski definition) is 0. The number of alkyl halides is 3. The molecule has 0 aromatic heterocycles. The maximum atomic E-state index is 13.2. The lowest BCUT2D eigenvalue weighted by Crippen LogP contribution is -2.28. The smallest absolute Gasteiger partial charge is 0.370 e. The Balaban J connectivity index is 2.14. The normalized spacial score (nSPS) is 20.8. The average Bonchev–Trinajstić information content (AvgIpc) is 2.67. The Labute approximate surface area is 164 Å². The summed E-state index contributed by atoms with van der Waals surface area (Å²) in [4.78, 5) is 4.17. The predicted octanol–water partition coefficient (Wildman–Crippen LogP) is 5.99. The Morgan fingerprint density at radius 1 is 1.21 bits per heavy atom. The van der Waals surface area contributed by atoms with E-state index in [0.29, 0.717) is 12.1 Å². The van der Waals surface area contributed by atoms with Crippen molar-refractivity contribution in [1.82, 2.24) is 9.80 Å². The van der Waals surface area contributed by atoms with Gasteiger partial charge in [-0.25, -0.2) is 0 Å². The number of hydrogen-bond acceptors (Lipinski definition) is 2. The Hall–Kier alpha value is -2.69. The summed E-state index contributed by atoms with van der Waals surface area (Å²) < 4.78 is 39.7. The Morgan fingerprint density at radius 2 is 1.96 bits per heavy atom. The minimum absolute atomic E-state index is 0.225. The first-order valence-corrected chi connectivity index (χ1v) is 9.33. The zero-order chi connectivity index (χ0) is 20.5. The van der Waals surface area contributed by atoms with Crippen LogP contribution in [0.1, 0.15) is 31.9 Å². The lowest BCUT2D eigenvalue weighted by molar-refractivity contribution is -0.137. The maximum Gasteiger partial charge on any atom is 0.416 e. The van der Waals surface area contributed by atoms with E-state index in [1.165, 1.54) is 12.1 Å². The van der Waals surface area contributed by atoms with Crippen LogP contribution in [0.15, 0.2) is 77.7 Å². The molecule has 1 aromatic carbocycles. The van der Waals surface area contributed by atoms with Crippen molar-refractivity contribution in [2.75, 3.05) is 13.6 Å². The number of nitrogens with zero attached hydrogens (tertiary/aromatic N) is 2. The molecule has 0 N–H and O–H groups in total. The molecule has 2 heterocycles. The van der Waals surface area contributed by atoms with Crippen molar-refractivity contribution in [2.24, 2.45) is 0 Å². The molecule has 1 unspecified atom stereocenters. The average molecular weight is 386 g/mol. The lowest BCUT2D eigenvalue weighted by atomic mass is 9.93. The van der Waals surface area contributed by atoms with Gasteiger partial charge in [-0.2, -0.15) is 13.2 Å². The van der Waals surface area contributed by atoms with E-state index in [1.807, 2.05) is 31.0 Å². The maximum absolute atomic E-state index is 13.2.